The van der Waals surface area contributed by atoms with E-state index in [0.717, 1.165) is 15.4 Å². The lowest BCUT2D eigenvalue weighted by atomic mass is 9.95. The minimum absolute atomic E-state index is 0.0681. The number of nitrogens with zero attached hydrogens (tertiary/aromatic N) is 1. The number of ether oxygens (including phenoxy) is 1. The molecule has 0 saturated carbocycles. The van der Waals surface area contributed by atoms with Gasteiger partial charge in [0.1, 0.15) is 17.1 Å². The van der Waals surface area contributed by atoms with Gasteiger partial charge in [0.2, 0.25) is 0 Å². The van der Waals surface area contributed by atoms with Crippen LogP contribution in [0.4, 0.5) is 4.79 Å². The van der Waals surface area contributed by atoms with Crippen LogP contribution >= 0.6 is 15.9 Å². The van der Waals surface area contributed by atoms with Gasteiger partial charge in [-0.15, -0.1) is 0 Å². The molecule has 0 radical (unpaired) electrons. The molecule has 8 nitrogen and oxygen atoms in total. The zero-order valence-electron chi connectivity index (χ0n) is 15.8. The summed E-state index contributed by atoms with van der Waals surface area (Å²) in [4.78, 5) is 39.5. The Hall–Kier alpha value is -3.33. The smallest absolute Gasteiger partial charge is 0.322 e. The minimum Gasteiger partial charge on any atom is -0.497 e. The van der Waals surface area contributed by atoms with Crippen LogP contribution in [0.25, 0.3) is 11.0 Å². The second-order valence-corrected chi connectivity index (χ2v) is 8.21. The Morgan fingerprint density at radius 3 is 2.73 bits per heavy atom. The summed E-state index contributed by atoms with van der Waals surface area (Å²) in [6, 6.07) is 11.8. The van der Waals surface area contributed by atoms with E-state index < -0.39 is 17.5 Å². The Morgan fingerprint density at radius 1 is 1.17 bits per heavy atom. The fourth-order valence-corrected chi connectivity index (χ4v) is 4.34. The molecule has 1 saturated heterocycles. The van der Waals surface area contributed by atoms with Crippen LogP contribution in [-0.4, -0.2) is 36.4 Å². The van der Waals surface area contributed by atoms with Crippen molar-refractivity contribution in [2.75, 3.05) is 13.7 Å². The molecule has 3 aromatic rings. The van der Waals surface area contributed by atoms with E-state index in [2.05, 4.69) is 26.6 Å². The number of halogens is 1. The van der Waals surface area contributed by atoms with Gasteiger partial charge in [-0.25, -0.2) is 4.79 Å². The summed E-state index contributed by atoms with van der Waals surface area (Å²) in [5, 5.41) is 5.73. The van der Waals surface area contributed by atoms with Gasteiger partial charge in [0.25, 0.3) is 11.8 Å². The van der Waals surface area contributed by atoms with Gasteiger partial charge in [-0.05, 0) is 42.0 Å². The summed E-state index contributed by atoms with van der Waals surface area (Å²) in [5.41, 5.74) is 0.393. The lowest BCUT2D eigenvalue weighted by molar-refractivity contribution is -0.125. The number of carbonyl (C=O) groups is 3. The number of hydrogen-bond acceptors (Lipinski definition) is 5. The molecule has 0 aliphatic carbocycles. The first-order chi connectivity index (χ1) is 14.4. The Morgan fingerprint density at radius 2 is 2.00 bits per heavy atom. The maximum atomic E-state index is 13.0. The molecule has 0 bridgehead atoms. The number of furan rings is 1. The summed E-state index contributed by atoms with van der Waals surface area (Å²) < 4.78 is 12.0. The Labute approximate surface area is 179 Å². The van der Waals surface area contributed by atoms with Gasteiger partial charge in [-0.3, -0.25) is 14.9 Å². The van der Waals surface area contributed by atoms with Crippen LogP contribution in [0.2, 0.25) is 0 Å². The predicted octanol–water partition coefficient (Wildman–Crippen LogP) is 2.89. The average molecular weight is 470 g/mol. The molecule has 152 valence electrons. The largest absolute Gasteiger partial charge is 0.497 e. The zero-order valence-corrected chi connectivity index (χ0v) is 17.4. The van der Waals surface area contributed by atoms with Crippen molar-refractivity contribution in [3.63, 3.8) is 0 Å². The van der Waals surface area contributed by atoms with E-state index in [1.807, 2.05) is 18.2 Å². The Bertz CT molecular complexity index is 1240. The number of benzene rings is 2. The van der Waals surface area contributed by atoms with E-state index in [4.69, 9.17) is 9.15 Å². The number of methoxy groups -OCH3 is 1. The normalized spacial score (nSPS) is 20.5. The van der Waals surface area contributed by atoms with Gasteiger partial charge in [0.15, 0.2) is 5.54 Å². The molecule has 5 rings (SSSR count). The second-order valence-electron chi connectivity index (χ2n) is 7.29. The van der Waals surface area contributed by atoms with Gasteiger partial charge in [-0.1, -0.05) is 22.0 Å². The summed E-state index contributed by atoms with van der Waals surface area (Å²) >= 11 is 3.41. The number of hydrogen-bond donors (Lipinski definition) is 2. The van der Waals surface area contributed by atoms with Crippen molar-refractivity contribution in [3.8, 4) is 5.75 Å². The fourth-order valence-electron chi connectivity index (χ4n) is 3.96. The first-order valence-electron chi connectivity index (χ1n) is 9.19. The summed E-state index contributed by atoms with van der Waals surface area (Å²) in [6.07, 6.45) is 0. The molecule has 9 heteroatoms. The van der Waals surface area contributed by atoms with Gasteiger partial charge < -0.3 is 19.4 Å². The molecule has 2 aromatic carbocycles. The van der Waals surface area contributed by atoms with Gasteiger partial charge in [-0.2, -0.15) is 0 Å². The molecule has 2 aliphatic rings. The highest BCUT2D eigenvalue weighted by molar-refractivity contribution is 9.10. The molecule has 30 heavy (non-hydrogen) atoms. The van der Waals surface area contributed by atoms with Crippen LogP contribution in [0.15, 0.2) is 51.4 Å². The second kappa shape index (κ2) is 6.60. The van der Waals surface area contributed by atoms with Crippen LogP contribution in [0, 0.1) is 0 Å². The van der Waals surface area contributed by atoms with Crippen molar-refractivity contribution < 1.29 is 23.5 Å². The van der Waals surface area contributed by atoms with E-state index >= 15 is 0 Å². The van der Waals surface area contributed by atoms with E-state index in [1.165, 1.54) is 12.0 Å². The monoisotopic (exact) mass is 469 g/mol. The molecule has 1 aromatic heterocycles. The minimum atomic E-state index is -1.52. The van der Waals surface area contributed by atoms with Crippen LogP contribution in [0.5, 0.6) is 5.75 Å². The van der Waals surface area contributed by atoms with Crippen molar-refractivity contribution in [1.82, 2.24) is 15.5 Å². The average Bonchev–Trinajstić information content (AvgIpc) is 3.36. The molecule has 1 atom stereocenters. The summed E-state index contributed by atoms with van der Waals surface area (Å²) in [7, 11) is 1.53. The number of nitrogens with one attached hydrogen (secondary N) is 2. The SMILES string of the molecule is COc1ccc2c(c1)C(=O)N(C[C@@]1(c3cc4cc(Br)ccc4o3)NC(=O)NC1=O)C2. The van der Waals surface area contributed by atoms with Crippen molar-refractivity contribution in [2.45, 2.75) is 12.1 Å². The van der Waals surface area contributed by atoms with Crippen molar-refractivity contribution >= 4 is 44.7 Å². The summed E-state index contributed by atoms with van der Waals surface area (Å²) in [5.74, 6) is 0.0387. The molecule has 1 fully saturated rings. The number of fused-ring (bicyclic) bond motifs is 2. The Kier molecular flexibility index (Phi) is 4.11. The van der Waals surface area contributed by atoms with E-state index in [9.17, 15) is 14.4 Å². The highest BCUT2D eigenvalue weighted by Gasteiger charge is 2.53. The lowest BCUT2D eigenvalue weighted by Crippen LogP contribution is -2.52. The summed E-state index contributed by atoms with van der Waals surface area (Å²) in [6.45, 7) is 0.246. The first-order valence-corrected chi connectivity index (χ1v) is 9.98. The first kappa shape index (κ1) is 18.7. The third kappa shape index (κ3) is 2.77. The molecule has 2 N–H and O–H groups in total. The van der Waals surface area contributed by atoms with Gasteiger partial charge >= 0.3 is 6.03 Å². The number of imide groups is 1. The van der Waals surface area contributed by atoms with E-state index in [-0.39, 0.29) is 18.2 Å². The molecular weight excluding hydrogens is 454 g/mol. The number of rotatable bonds is 4. The molecule has 0 unspecified atom stereocenters. The number of urea groups is 1. The van der Waals surface area contributed by atoms with Crippen molar-refractivity contribution in [3.05, 3.63) is 63.8 Å². The van der Waals surface area contributed by atoms with Crippen LogP contribution in [-0.2, 0) is 16.9 Å². The third-order valence-corrected chi connectivity index (χ3v) is 5.96. The predicted molar refractivity (Wildman–Crippen MR) is 110 cm³/mol. The maximum Gasteiger partial charge on any atom is 0.322 e. The molecule has 2 aliphatic heterocycles. The quantitative estimate of drug-likeness (QED) is 0.572. The topological polar surface area (TPSA) is 101 Å². The highest BCUT2D eigenvalue weighted by Crippen LogP contribution is 2.35. The number of carbonyl (C=O) groups excluding carboxylic acids is 3. The van der Waals surface area contributed by atoms with E-state index in [0.29, 0.717) is 23.4 Å². The Balaban J connectivity index is 1.55. The highest BCUT2D eigenvalue weighted by atomic mass is 79.9. The standard InChI is InChI=1S/C21H16BrN3O5/c1-29-14-4-2-11-9-25(18(26)15(11)8-14)10-21(19(27)23-20(28)24-21)17-7-12-6-13(22)3-5-16(12)30-17/h2-8H,9-10H2,1H3,(H2,23,24,27,28)/t21-/m0/s1. The molecule has 3 heterocycles. The molecule has 4 amide bonds. The molecule has 0 spiro atoms. The number of amides is 4. The maximum absolute atomic E-state index is 13.0. The molecular formula is C21H16BrN3O5. The van der Waals surface area contributed by atoms with Crippen molar-refractivity contribution in [1.29, 1.82) is 0 Å². The third-order valence-electron chi connectivity index (χ3n) is 5.46. The van der Waals surface area contributed by atoms with Gasteiger partial charge in [0.05, 0.1) is 13.7 Å². The zero-order chi connectivity index (χ0) is 21.0. The van der Waals surface area contributed by atoms with Crippen LogP contribution < -0.4 is 15.4 Å². The van der Waals surface area contributed by atoms with Crippen molar-refractivity contribution in [2.24, 2.45) is 0 Å². The van der Waals surface area contributed by atoms with Gasteiger partial charge in [0, 0.05) is 22.0 Å². The van der Waals surface area contributed by atoms with Crippen LogP contribution in [0.3, 0.4) is 0 Å². The van der Waals surface area contributed by atoms with Crippen LogP contribution in [0.1, 0.15) is 21.7 Å². The van der Waals surface area contributed by atoms with E-state index in [1.54, 1.807) is 24.3 Å². The fraction of sp³-hybridized carbons (Fsp3) is 0.190. The lowest BCUT2D eigenvalue weighted by Gasteiger charge is -2.29.